The Morgan fingerprint density at radius 3 is 2.38 bits per heavy atom. The molecule has 0 saturated heterocycles. The molecule has 0 unspecified atom stereocenters. The van der Waals surface area contributed by atoms with Gasteiger partial charge >= 0.3 is 5.69 Å². The number of hydrogen-bond donors (Lipinski definition) is 1. The molecule has 0 aliphatic carbocycles. The summed E-state index contributed by atoms with van der Waals surface area (Å²) >= 11 is 0. The summed E-state index contributed by atoms with van der Waals surface area (Å²) in [5, 5.41) is 0.149. The fraction of sp³-hybridized carbons (Fsp3) is 0.235. The summed E-state index contributed by atoms with van der Waals surface area (Å²) in [5.74, 6) is 0. The second-order valence-electron chi connectivity index (χ2n) is 6.18. The topological polar surface area (TPSA) is 103 Å². The first kappa shape index (κ1) is 17.9. The summed E-state index contributed by atoms with van der Waals surface area (Å²) in [4.78, 5) is 28.5. The van der Waals surface area contributed by atoms with Gasteiger partial charge in [0.2, 0.25) is 0 Å². The van der Waals surface area contributed by atoms with Crippen LogP contribution in [0.2, 0.25) is 0 Å². The van der Waals surface area contributed by atoms with E-state index in [1.165, 1.54) is 37.0 Å². The summed E-state index contributed by atoms with van der Waals surface area (Å²) in [6.45, 7) is 3.59. The Morgan fingerprint density at radius 1 is 1.04 bits per heavy atom. The van der Waals surface area contributed by atoms with Crippen LogP contribution in [0.1, 0.15) is 11.1 Å². The first-order chi connectivity index (χ1) is 12.1. The zero-order valence-corrected chi connectivity index (χ0v) is 15.6. The van der Waals surface area contributed by atoms with Gasteiger partial charge in [0, 0.05) is 14.1 Å². The Morgan fingerprint density at radius 2 is 1.73 bits per heavy atom. The minimum atomic E-state index is -3.84. The van der Waals surface area contributed by atoms with Gasteiger partial charge in [-0.05, 0) is 31.5 Å². The monoisotopic (exact) mass is 374 g/mol. The molecule has 26 heavy (non-hydrogen) atoms. The van der Waals surface area contributed by atoms with Crippen molar-refractivity contribution < 1.29 is 8.42 Å². The highest BCUT2D eigenvalue weighted by Gasteiger charge is 2.18. The molecule has 0 saturated carbocycles. The first-order valence-corrected chi connectivity index (χ1v) is 9.26. The maximum atomic E-state index is 12.7. The van der Waals surface area contributed by atoms with E-state index >= 15 is 0 Å². The summed E-state index contributed by atoms with van der Waals surface area (Å²) < 4.78 is 30.0. The van der Waals surface area contributed by atoms with Gasteiger partial charge in [0.15, 0.2) is 0 Å². The van der Waals surface area contributed by atoms with Crippen molar-refractivity contribution in [3.63, 3.8) is 0 Å². The van der Waals surface area contributed by atoms with E-state index in [0.29, 0.717) is 5.56 Å². The number of rotatable bonds is 3. The molecule has 2 heterocycles. The van der Waals surface area contributed by atoms with E-state index in [4.69, 9.17) is 0 Å². The number of anilines is 1. The lowest BCUT2D eigenvalue weighted by Crippen LogP contribution is -2.37. The number of fused-ring (bicyclic) bond motifs is 1. The van der Waals surface area contributed by atoms with Crippen molar-refractivity contribution in [3.05, 3.63) is 62.4 Å². The third-order valence-corrected chi connectivity index (χ3v) is 5.71. The van der Waals surface area contributed by atoms with E-state index in [1.807, 2.05) is 6.92 Å². The molecule has 0 bridgehead atoms. The lowest BCUT2D eigenvalue weighted by atomic mass is 10.2. The van der Waals surface area contributed by atoms with E-state index in [9.17, 15) is 18.0 Å². The second-order valence-corrected chi connectivity index (χ2v) is 7.83. The van der Waals surface area contributed by atoms with Gasteiger partial charge in [-0.1, -0.05) is 17.7 Å². The van der Waals surface area contributed by atoms with Crippen LogP contribution < -0.4 is 16.0 Å². The van der Waals surface area contributed by atoms with Crippen LogP contribution in [-0.2, 0) is 24.1 Å². The smallest absolute Gasteiger partial charge is 0.280 e. The van der Waals surface area contributed by atoms with Crippen molar-refractivity contribution in [2.24, 2.45) is 14.1 Å². The van der Waals surface area contributed by atoms with Crippen molar-refractivity contribution in [2.45, 2.75) is 18.7 Å². The number of benzene rings is 1. The van der Waals surface area contributed by atoms with Gasteiger partial charge in [-0.15, -0.1) is 0 Å². The maximum absolute atomic E-state index is 12.7. The van der Waals surface area contributed by atoms with Gasteiger partial charge in [-0.25, -0.2) is 18.2 Å². The molecule has 9 heteroatoms. The van der Waals surface area contributed by atoms with E-state index in [1.54, 1.807) is 19.1 Å². The molecule has 0 radical (unpaired) electrons. The molecule has 0 aliphatic heterocycles. The van der Waals surface area contributed by atoms with Gasteiger partial charge in [-0.2, -0.15) is 0 Å². The van der Waals surface area contributed by atoms with Crippen LogP contribution in [-0.4, -0.2) is 22.5 Å². The Hall–Kier alpha value is -2.94. The first-order valence-electron chi connectivity index (χ1n) is 7.77. The largest absolute Gasteiger partial charge is 0.332 e. The SMILES string of the molecule is Cc1ccc(S(=O)(=O)Nc2cnc3c(c2)c(=O)n(C)c(=O)n3C)c(C)c1. The fourth-order valence-corrected chi connectivity index (χ4v) is 4.09. The summed E-state index contributed by atoms with van der Waals surface area (Å²) in [6.07, 6.45) is 1.28. The lowest BCUT2D eigenvalue weighted by Gasteiger charge is -2.12. The molecule has 0 amide bonds. The Labute approximate surface area is 149 Å². The van der Waals surface area contributed by atoms with E-state index in [2.05, 4.69) is 9.71 Å². The van der Waals surface area contributed by atoms with Crippen LogP contribution in [0.3, 0.4) is 0 Å². The van der Waals surface area contributed by atoms with E-state index in [-0.39, 0.29) is 21.6 Å². The molecule has 3 rings (SSSR count). The number of nitrogens with one attached hydrogen (secondary N) is 1. The van der Waals surface area contributed by atoms with Crippen LogP contribution in [0.4, 0.5) is 5.69 Å². The molecular formula is C17H18N4O4S. The maximum Gasteiger partial charge on any atom is 0.332 e. The van der Waals surface area contributed by atoms with Gasteiger partial charge in [0.1, 0.15) is 5.65 Å². The van der Waals surface area contributed by atoms with E-state index in [0.717, 1.165) is 10.1 Å². The van der Waals surface area contributed by atoms with Crippen molar-refractivity contribution in [3.8, 4) is 0 Å². The molecule has 3 aromatic rings. The standard InChI is InChI=1S/C17H18N4O4S/c1-10-5-6-14(11(2)7-10)26(24,25)19-12-8-13-15(18-9-12)20(3)17(23)21(4)16(13)22/h5-9,19H,1-4H3. The summed E-state index contributed by atoms with van der Waals surface area (Å²) in [5.41, 5.74) is 0.866. The molecule has 0 atom stereocenters. The zero-order chi connectivity index (χ0) is 19.2. The summed E-state index contributed by atoms with van der Waals surface area (Å²) in [6, 6.07) is 6.40. The minimum absolute atomic E-state index is 0.147. The molecule has 0 spiro atoms. The van der Waals surface area contributed by atoms with Gasteiger partial charge < -0.3 is 0 Å². The third-order valence-electron chi connectivity index (χ3n) is 4.17. The predicted octanol–water partition coefficient (Wildman–Crippen LogP) is 1.05. The average Bonchev–Trinajstić information content (AvgIpc) is 2.57. The van der Waals surface area contributed by atoms with Crippen molar-refractivity contribution in [1.82, 2.24) is 14.1 Å². The van der Waals surface area contributed by atoms with Gasteiger partial charge in [-0.3, -0.25) is 18.7 Å². The Kier molecular flexibility index (Phi) is 4.19. The summed E-state index contributed by atoms with van der Waals surface area (Å²) in [7, 11) is -0.984. The van der Waals surface area contributed by atoms with Gasteiger partial charge in [0.25, 0.3) is 15.6 Å². The minimum Gasteiger partial charge on any atom is -0.280 e. The van der Waals surface area contributed by atoms with Crippen LogP contribution in [0.25, 0.3) is 11.0 Å². The Bertz CT molecular complexity index is 1260. The number of aromatic nitrogens is 3. The Balaban J connectivity index is 2.12. The second kappa shape index (κ2) is 6.10. The molecule has 8 nitrogen and oxygen atoms in total. The quantitative estimate of drug-likeness (QED) is 0.738. The fourth-order valence-electron chi connectivity index (χ4n) is 2.83. The zero-order valence-electron chi connectivity index (χ0n) is 14.8. The van der Waals surface area contributed by atoms with Crippen LogP contribution in [0, 0.1) is 13.8 Å². The van der Waals surface area contributed by atoms with Crippen LogP contribution in [0.15, 0.2) is 44.9 Å². The highest BCUT2D eigenvalue weighted by Crippen LogP contribution is 2.21. The number of pyridine rings is 1. The van der Waals surface area contributed by atoms with Crippen molar-refractivity contribution in [1.29, 1.82) is 0 Å². The molecule has 2 aromatic heterocycles. The number of sulfonamides is 1. The molecule has 136 valence electrons. The van der Waals surface area contributed by atoms with Crippen molar-refractivity contribution >= 4 is 26.7 Å². The van der Waals surface area contributed by atoms with Crippen molar-refractivity contribution in [2.75, 3.05) is 4.72 Å². The molecule has 0 fully saturated rings. The van der Waals surface area contributed by atoms with Crippen LogP contribution in [0.5, 0.6) is 0 Å². The lowest BCUT2D eigenvalue weighted by molar-refractivity contribution is 0.600. The number of hydrogen-bond acceptors (Lipinski definition) is 5. The van der Waals surface area contributed by atoms with E-state index < -0.39 is 21.3 Å². The highest BCUT2D eigenvalue weighted by molar-refractivity contribution is 7.92. The van der Waals surface area contributed by atoms with Crippen LogP contribution >= 0.6 is 0 Å². The predicted molar refractivity (Wildman–Crippen MR) is 98.9 cm³/mol. The molecule has 1 N–H and O–H groups in total. The normalized spacial score (nSPS) is 11.7. The number of nitrogens with zero attached hydrogens (tertiary/aromatic N) is 3. The number of aryl methyl sites for hydroxylation is 3. The average molecular weight is 374 g/mol. The molecule has 0 aliphatic rings. The molecular weight excluding hydrogens is 356 g/mol. The highest BCUT2D eigenvalue weighted by atomic mass is 32.2. The third kappa shape index (κ3) is 2.90. The van der Waals surface area contributed by atoms with Gasteiger partial charge in [0.05, 0.1) is 22.2 Å². The molecule has 1 aromatic carbocycles.